The molecule has 1 saturated heterocycles. The van der Waals surface area contributed by atoms with Gasteiger partial charge in [-0.3, -0.25) is 0 Å². The van der Waals surface area contributed by atoms with Gasteiger partial charge in [-0.05, 0) is 17.7 Å². The van der Waals surface area contributed by atoms with E-state index in [0.717, 1.165) is 5.56 Å². The fourth-order valence-electron chi connectivity index (χ4n) is 1.58. The van der Waals surface area contributed by atoms with Gasteiger partial charge in [0.2, 0.25) is 0 Å². The molecule has 15 heavy (non-hydrogen) atoms. The third kappa shape index (κ3) is 2.92. The van der Waals surface area contributed by atoms with Crippen molar-refractivity contribution in [2.75, 3.05) is 13.2 Å². The second-order valence-electron chi connectivity index (χ2n) is 3.48. The first-order chi connectivity index (χ1) is 7.25. The number of benzene rings is 1. The van der Waals surface area contributed by atoms with Crippen LogP contribution in [0.3, 0.4) is 0 Å². The van der Waals surface area contributed by atoms with Gasteiger partial charge in [0, 0.05) is 11.4 Å². The second-order valence-corrected chi connectivity index (χ2v) is 3.91. The van der Waals surface area contributed by atoms with Crippen LogP contribution in [0.1, 0.15) is 18.1 Å². The van der Waals surface area contributed by atoms with Crippen LogP contribution < -0.4 is 0 Å². The van der Waals surface area contributed by atoms with Crippen molar-refractivity contribution < 1.29 is 14.6 Å². The van der Waals surface area contributed by atoms with E-state index in [1.165, 1.54) is 0 Å². The molecule has 1 atom stereocenters. The standard InChI is InChI=1S/C11H13ClO3/c12-9-3-1-2-8(6-9)10(13)7-11-14-4-5-15-11/h1-3,6,10-11,13H,4-5,7H2. The molecule has 3 nitrogen and oxygen atoms in total. The summed E-state index contributed by atoms with van der Waals surface area (Å²) in [5.74, 6) is 0. The first kappa shape index (κ1) is 10.9. The fourth-order valence-corrected chi connectivity index (χ4v) is 1.77. The smallest absolute Gasteiger partial charge is 0.160 e. The van der Waals surface area contributed by atoms with Crippen LogP contribution in [0.4, 0.5) is 0 Å². The topological polar surface area (TPSA) is 38.7 Å². The van der Waals surface area contributed by atoms with Crippen LogP contribution in [0.2, 0.25) is 5.02 Å². The zero-order valence-electron chi connectivity index (χ0n) is 8.23. The highest BCUT2D eigenvalue weighted by molar-refractivity contribution is 6.30. The van der Waals surface area contributed by atoms with Gasteiger partial charge in [-0.25, -0.2) is 0 Å². The highest BCUT2D eigenvalue weighted by Gasteiger charge is 2.20. The van der Waals surface area contributed by atoms with Gasteiger partial charge in [0.25, 0.3) is 0 Å². The van der Waals surface area contributed by atoms with Crippen molar-refractivity contribution in [3.05, 3.63) is 34.9 Å². The van der Waals surface area contributed by atoms with Crippen molar-refractivity contribution >= 4 is 11.6 Å². The molecule has 0 saturated carbocycles. The molecular formula is C11H13ClO3. The second kappa shape index (κ2) is 4.94. The monoisotopic (exact) mass is 228 g/mol. The number of hydrogen-bond acceptors (Lipinski definition) is 3. The quantitative estimate of drug-likeness (QED) is 0.862. The van der Waals surface area contributed by atoms with E-state index in [1.54, 1.807) is 12.1 Å². The van der Waals surface area contributed by atoms with E-state index >= 15 is 0 Å². The fraction of sp³-hybridized carbons (Fsp3) is 0.455. The summed E-state index contributed by atoms with van der Waals surface area (Å²) < 4.78 is 10.5. The molecule has 1 N–H and O–H groups in total. The number of hydrogen-bond donors (Lipinski definition) is 1. The van der Waals surface area contributed by atoms with E-state index < -0.39 is 6.10 Å². The first-order valence-electron chi connectivity index (χ1n) is 4.92. The van der Waals surface area contributed by atoms with E-state index in [2.05, 4.69) is 0 Å². The van der Waals surface area contributed by atoms with E-state index in [9.17, 15) is 5.11 Å². The molecule has 82 valence electrons. The molecule has 4 heteroatoms. The summed E-state index contributed by atoms with van der Waals surface area (Å²) in [6, 6.07) is 7.18. The van der Waals surface area contributed by atoms with Gasteiger partial charge in [-0.1, -0.05) is 23.7 Å². The highest BCUT2D eigenvalue weighted by Crippen LogP contribution is 2.24. The Balaban J connectivity index is 1.97. The van der Waals surface area contributed by atoms with Crippen molar-refractivity contribution in [2.24, 2.45) is 0 Å². The number of aliphatic hydroxyl groups is 1. The van der Waals surface area contributed by atoms with Crippen molar-refractivity contribution in [1.29, 1.82) is 0 Å². The van der Waals surface area contributed by atoms with Crippen LogP contribution >= 0.6 is 11.6 Å². The van der Waals surface area contributed by atoms with Gasteiger partial charge in [0.15, 0.2) is 6.29 Å². The van der Waals surface area contributed by atoms with Crippen LogP contribution in [-0.4, -0.2) is 24.6 Å². The summed E-state index contributed by atoms with van der Waals surface area (Å²) in [6.45, 7) is 1.21. The molecule has 1 fully saturated rings. The average molecular weight is 229 g/mol. The molecule has 1 aliphatic heterocycles. The lowest BCUT2D eigenvalue weighted by Crippen LogP contribution is -2.13. The molecule has 1 heterocycles. The number of rotatable bonds is 3. The molecule has 1 aromatic rings. The number of halogens is 1. The molecule has 2 rings (SSSR count). The van der Waals surface area contributed by atoms with Gasteiger partial charge in [0.05, 0.1) is 19.3 Å². The molecule has 1 aliphatic rings. The summed E-state index contributed by atoms with van der Waals surface area (Å²) in [6.07, 6.45) is -0.439. The van der Waals surface area contributed by atoms with E-state index in [1.807, 2.05) is 12.1 Å². The summed E-state index contributed by atoms with van der Waals surface area (Å²) in [5, 5.41) is 10.5. The number of ether oxygens (including phenoxy) is 2. The predicted octanol–water partition coefficient (Wildman–Crippen LogP) is 2.14. The van der Waals surface area contributed by atoms with Crippen molar-refractivity contribution in [2.45, 2.75) is 18.8 Å². The summed E-state index contributed by atoms with van der Waals surface area (Å²) in [4.78, 5) is 0. The van der Waals surface area contributed by atoms with Gasteiger partial charge >= 0.3 is 0 Å². The third-order valence-electron chi connectivity index (χ3n) is 2.34. The van der Waals surface area contributed by atoms with E-state index in [4.69, 9.17) is 21.1 Å². The molecule has 0 bridgehead atoms. The van der Waals surface area contributed by atoms with Gasteiger partial charge in [0.1, 0.15) is 0 Å². The Bertz CT molecular complexity index is 323. The van der Waals surface area contributed by atoms with Gasteiger partial charge in [-0.15, -0.1) is 0 Å². The van der Waals surface area contributed by atoms with Crippen LogP contribution in [0.15, 0.2) is 24.3 Å². The largest absolute Gasteiger partial charge is 0.388 e. The highest BCUT2D eigenvalue weighted by atomic mass is 35.5. The predicted molar refractivity (Wildman–Crippen MR) is 56.7 cm³/mol. The van der Waals surface area contributed by atoms with Crippen LogP contribution in [0.25, 0.3) is 0 Å². The minimum atomic E-state index is -0.591. The average Bonchev–Trinajstić information content (AvgIpc) is 2.70. The molecule has 0 amide bonds. The van der Waals surface area contributed by atoms with Crippen LogP contribution in [0, 0.1) is 0 Å². The SMILES string of the molecule is OC(CC1OCCO1)c1cccc(Cl)c1. The Labute approximate surface area is 93.6 Å². The Kier molecular flexibility index (Phi) is 3.59. The third-order valence-corrected chi connectivity index (χ3v) is 2.58. The van der Waals surface area contributed by atoms with E-state index in [-0.39, 0.29) is 6.29 Å². The van der Waals surface area contributed by atoms with Gasteiger partial charge < -0.3 is 14.6 Å². The summed E-state index contributed by atoms with van der Waals surface area (Å²) in [5.41, 5.74) is 0.793. The molecule has 0 aliphatic carbocycles. The minimum Gasteiger partial charge on any atom is -0.388 e. The Morgan fingerprint density at radius 3 is 2.80 bits per heavy atom. The van der Waals surface area contributed by atoms with Crippen molar-refractivity contribution in [1.82, 2.24) is 0 Å². The van der Waals surface area contributed by atoms with Gasteiger partial charge in [-0.2, -0.15) is 0 Å². The Hall–Kier alpha value is -0.610. The van der Waals surface area contributed by atoms with Crippen LogP contribution in [-0.2, 0) is 9.47 Å². The van der Waals surface area contributed by atoms with Crippen molar-refractivity contribution in [3.63, 3.8) is 0 Å². The minimum absolute atomic E-state index is 0.293. The maximum Gasteiger partial charge on any atom is 0.160 e. The van der Waals surface area contributed by atoms with E-state index in [0.29, 0.717) is 24.7 Å². The maximum atomic E-state index is 9.89. The molecule has 1 aromatic carbocycles. The van der Waals surface area contributed by atoms with Crippen molar-refractivity contribution in [3.8, 4) is 0 Å². The molecule has 0 spiro atoms. The number of aliphatic hydroxyl groups excluding tert-OH is 1. The maximum absolute atomic E-state index is 9.89. The zero-order valence-corrected chi connectivity index (χ0v) is 8.98. The normalized spacial score (nSPS) is 19.3. The van der Waals surface area contributed by atoms with Crippen LogP contribution in [0.5, 0.6) is 0 Å². The Morgan fingerprint density at radius 2 is 2.13 bits per heavy atom. The lowest BCUT2D eigenvalue weighted by Gasteiger charge is -2.15. The lowest BCUT2D eigenvalue weighted by molar-refractivity contribution is -0.0707. The summed E-state index contributed by atoms with van der Waals surface area (Å²) in [7, 11) is 0. The molecule has 1 unspecified atom stereocenters. The molecular weight excluding hydrogens is 216 g/mol. The molecule has 0 radical (unpaired) electrons. The molecule has 0 aromatic heterocycles. The first-order valence-corrected chi connectivity index (χ1v) is 5.30. The zero-order chi connectivity index (χ0) is 10.7. The summed E-state index contributed by atoms with van der Waals surface area (Å²) >= 11 is 5.83. The Morgan fingerprint density at radius 1 is 1.40 bits per heavy atom. The lowest BCUT2D eigenvalue weighted by atomic mass is 10.1.